The second-order valence-corrected chi connectivity index (χ2v) is 5.28. The first-order valence-electron chi connectivity index (χ1n) is 7.65. The van der Waals surface area contributed by atoms with E-state index in [9.17, 15) is 4.39 Å². The minimum atomic E-state index is -0.240. The third-order valence-corrected chi connectivity index (χ3v) is 3.69. The van der Waals surface area contributed by atoms with Gasteiger partial charge in [-0.05, 0) is 43.0 Å². The molecule has 1 heterocycles. The minimum absolute atomic E-state index is 0.0135. The topological polar surface area (TPSA) is 24.9 Å². The minimum Gasteiger partial charge on any atom is -0.310 e. The SMILES string of the molecule is CCCNC(Cc1ccc(CC)cc1)c1ccncc1F. The lowest BCUT2D eigenvalue weighted by molar-refractivity contribution is 0.495. The van der Waals surface area contributed by atoms with E-state index in [0.29, 0.717) is 5.56 Å². The molecule has 0 bridgehead atoms. The highest BCUT2D eigenvalue weighted by atomic mass is 19.1. The van der Waals surface area contributed by atoms with Gasteiger partial charge in [-0.2, -0.15) is 0 Å². The van der Waals surface area contributed by atoms with E-state index in [1.165, 1.54) is 17.3 Å². The molecule has 1 atom stereocenters. The Morgan fingerprint density at radius 3 is 2.43 bits per heavy atom. The van der Waals surface area contributed by atoms with Crippen LogP contribution in [0.2, 0.25) is 0 Å². The monoisotopic (exact) mass is 286 g/mol. The predicted octanol–water partition coefficient (Wildman–Crippen LogP) is 4.07. The van der Waals surface area contributed by atoms with Gasteiger partial charge in [0.15, 0.2) is 0 Å². The Hall–Kier alpha value is -1.74. The van der Waals surface area contributed by atoms with Crippen LogP contribution in [0.4, 0.5) is 4.39 Å². The zero-order valence-electron chi connectivity index (χ0n) is 12.8. The van der Waals surface area contributed by atoms with E-state index in [-0.39, 0.29) is 11.9 Å². The average Bonchev–Trinajstić information content (AvgIpc) is 2.53. The van der Waals surface area contributed by atoms with Crippen LogP contribution >= 0.6 is 0 Å². The zero-order valence-corrected chi connectivity index (χ0v) is 12.8. The van der Waals surface area contributed by atoms with Crippen LogP contribution < -0.4 is 5.32 Å². The number of halogens is 1. The molecule has 0 saturated carbocycles. The molecule has 1 aromatic carbocycles. The van der Waals surface area contributed by atoms with Gasteiger partial charge in [-0.1, -0.05) is 38.1 Å². The van der Waals surface area contributed by atoms with Crippen molar-refractivity contribution in [3.8, 4) is 0 Å². The lowest BCUT2D eigenvalue weighted by Gasteiger charge is -2.19. The van der Waals surface area contributed by atoms with Gasteiger partial charge >= 0.3 is 0 Å². The van der Waals surface area contributed by atoms with Crippen LogP contribution in [0.25, 0.3) is 0 Å². The Labute approximate surface area is 126 Å². The van der Waals surface area contributed by atoms with Crippen LogP contribution in [0.15, 0.2) is 42.7 Å². The van der Waals surface area contributed by atoms with Gasteiger partial charge in [0.25, 0.3) is 0 Å². The molecule has 112 valence electrons. The number of benzene rings is 1. The second kappa shape index (κ2) is 7.89. The van der Waals surface area contributed by atoms with Crippen molar-refractivity contribution in [3.63, 3.8) is 0 Å². The van der Waals surface area contributed by atoms with Crippen molar-refractivity contribution in [2.24, 2.45) is 0 Å². The summed E-state index contributed by atoms with van der Waals surface area (Å²) in [6.07, 6.45) is 5.79. The Morgan fingerprint density at radius 1 is 1.10 bits per heavy atom. The van der Waals surface area contributed by atoms with Gasteiger partial charge in [0.05, 0.1) is 6.20 Å². The molecule has 0 aliphatic rings. The summed E-state index contributed by atoms with van der Waals surface area (Å²) in [6, 6.07) is 10.3. The van der Waals surface area contributed by atoms with E-state index in [4.69, 9.17) is 0 Å². The molecule has 0 saturated heterocycles. The summed E-state index contributed by atoms with van der Waals surface area (Å²) in [6.45, 7) is 5.13. The summed E-state index contributed by atoms with van der Waals surface area (Å²) in [5.74, 6) is -0.240. The summed E-state index contributed by atoms with van der Waals surface area (Å²) < 4.78 is 14.0. The molecule has 2 rings (SSSR count). The predicted molar refractivity (Wildman–Crippen MR) is 84.8 cm³/mol. The van der Waals surface area contributed by atoms with E-state index >= 15 is 0 Å². The fraction of sp³-hybridized carbons (Fsp3) is 0.389. The van der Waals surface area contributed by atoms with Gasteiger partial charge in [0, 0.05) is 17.8 Å². The first kappa shape index (κ1) is 15.6. The van der Waals surface area contributed by atoms with Crippen molar-refractivity contribution in [1.29, 1.82) is 0 Å². The number of hydrogen-bond donors (Lipinski definition) is 1. The molecule has 1 unspecified atom stereocenters. The van der Waals surface area contributed by atoms with Gasteiger partial charge in [-0.25, -0.2) is 4.39 Å². The smallest absolute Gasteiger partial charge is 0.146 e. The molecule has 1 aromatic heterocycles. The molecule has 1 N–H and O–H groups in total. The highest BCUT2D eigenvalue weighted by Crippen LogP contribution is 2.21. The third-order valence-electron chi connectivity index (χ3n) is 3.69. The van der Waals surface area contributed by atoms with Crippen molar-refractivity contribution >= 4 is 0 Å². The maximum atomic E-state index is 14.0. The Morgan fingerprint density at radius 2 is 1.81 bits per heavy atom. The molecule has 3 heteroatoms. The third kappa shape index (κ3) is 4.36. The highest BCUT2D eigenvalue weighted by Gasteiger charge is 2.15. The van der Waals surface area contributed by atoms with E-state index < -0.39 is 0 Å². The van der Waals surface area contributed by atoms with Gasteiger partial charge in [-0.3, -0.25) is 4.98 Å². The van der Waals surface area contributed by atoms with Crippen molar-refractivity contribution in [3.05, 3.63) is 65.2 Å². The lowest BCUT2D eigenvalue weighted by Crippen LogP contribution is -2.25. The van der Waals surface area contributed by atoms with Crippen LogP contribution in [0, 0.1) is 5.82 Å². The summed E-state index contributed by atoms with van der Waals surface area (Å²) in [5, 5.41) is 3.44. The first-order chi connectivity index (χ1) is 10.2. The molecular formula is C18H23FN2. The van der Waals surface area contributed by atoms with Gasteiger partial charge in [-0.15, -0.1) is 0 Å². The fourth-order valence-corrected chi connectivity index (χ4v) is 2.43. The van der Waals surface area contributed by atoms with E-state index in [0.717, 1.165) is 25.8 Å². The van der Waals surface area contributed by atoms with Crippen LogP contribution in [-0.2, 0) is 12.8 Å². The van der Waals surface area contributed by atoms with Gasteiger partial charge in [0.2, 0.25) is 0 Å². The first-order valence-corrected chi connectivity index (χ1v) is 7.65. The molecule has 0 aliphatic heterocycles. The maximum absolute atomic E-state index is 14.0. The largest absolute Gasteiger partial charge is 0.310 e. The standard InChI is InChI=1S/C18H23FN2/c1-3-10-21-18(16-9-11-20-13-17(16)19)12-15-7-5-14(4-2)6-8-15/h5-9,11,13,18,21H,3-4,10,12H2,1-2H3. The molecular weight excluding hydrogens is 263 g/mol. The summed E-state index contributed by atoms with van der Waals surface area (Å²) in [5.41, 5.74) is 3.24. The van der Waals surface area contributed by atoms with Crippen LogP contribution in [0.1, 0.15) is 43.0 Å². The van der Waals surface area contributed by atoms with Crippen LogP contribution in [-0.4, -0.2) is 11.5 Å². The number of nitrogens with one attached hydrogen (secondary N) is 1. The normalized spacial score (nSPS) is 12.3. The van der Waals surface area contributed by atoms with Crippen molar-refractivity contribution < 1.29 is 4.39 Å². The molecule has 0 radical (unpaired) electrons. The number of aromatic nitrogens is 1. The molecule has 0 amide bonds. The number of nitrogens with zero attached hydrogens (tertiary/aromatic N) is 1. The highest BCUT2D eigenvalue weighted by molar-refractivity contribution is 5.26. The Kier molecular flexibility index (Phi) is 5.88. The number of pyridine rings is 1. The number of rotatable bonds is 7. The summed E-state index contributed by atoms with van der Waals surface area (Å²) in [4.78, 5) is 3.83. The zero-order chi connectivity index (χ0) is 15.1. The second-order valence-electron chi connectivity index (χ2n) is 5.28. The molecule has 0 fully saturated rings. The quantitative estimate of drug-likeness (QED) is 0.830. The number of hydrogen-bond acceptors (Lipinski definition) is 2. The average molecular weight is 286 g/mol. The van der Waals surface area contributed by atoms with E-state index in [1.54, 1.807) is 12.3 Å². The molecule has 2 nitrogen and oxygen atoms in total. The Balaban J connectivity index is 2.17. The molecule has 0 aliphatic carbocycles. The van der Waals surface area contributed by atoms with Crippen molar-refractivity contribution in [2.45, 2.75) is 39.2 Å². The summed E-state index contributed by atoms with van der Waals surface area (Å²) in [7, 11) is 0. The lowest BCUT2D eigenvalue weighted by atomic mass is 9.98. The van der Waals surface area contributed by atoms with Crippen LogP contribution in [0.5, 0.6) is 0 Å². The van der Waals surface area contributed by atoms with Gasteiger partial charge < -0.3 is 5.32 Å². The molecule has 2 aromatic rings. The number of aryl methyl sites for hydroxylation is 1. The molecule has 0 spiro atoms. The molecule has 21 heavy (non-hydrogen) atoms. The maximum Gasteiger partial charge on any atom is 0.146 e. The van der Waals surface area contributed by atoms with E-state index in [2.05, 4.69) is 48.4 Å². The Bertz CT molecular complexity index is 551. The van der Waals surface area contributed by atoms with Gasteiger partial charge in [0.1, 0.15) is 5.82 Å². The summed E-state index contributed by atoms with van der Waals surface area (Å²) >= 11 is 0. The van der Waals surface area contributed by atoms with Crippen LogP contribution in [0.3, 0.4) is 0 Å². The van der Waals surface area contributed by atoms with Crippen molar-refractivity contribution in [1.82, 2.24) is 10.3 Å². The van der Waals surface area contributed by atoms with E-state index in [1.807, 2.05) is 0 Å². The van der Waals surface area contributed by atoms with Crippen molar-refractivity contribution in [2.75, 3.05) is 6.54 Å². The fourth-order valence-electron chi connectivity index (χ4n) is 2.43.